The molecule has 2 saturated heterocycles. The van der Waals surface area contributed by atoms with Gasteiger partial charge < -0.3 is 9.80 Å². The summed E-state index contributed by atoms with van der Waals surface area (Å²) in [5.74, 6) is 1.43. The molecule has 8 heteroatoms. The highest BCUT2D eigenvalue weighted by Gasteiger charge is 2.30. The second-order valence-corrected chi connectivity index (χ2v) is 7.86. The predicted molar refractivity (Wildman–Crippen MR) is 110 cm³/mol. The third kappa shape index (κ3) is 3.79. The largest absolute Gasteiger partial charge is 0.353 e. The van der Waals surface area contributed by atoms with E-state index in [0.29, 0.717) is 31.0 Å². The molecule has 0 N–H and O–H groups in total. The number of carbonyl (C=O) groups is 2. The third-order valence-electron chi connectivity index (χ3n) is 5.66. The van der Waals surface area contributed by atoms with Crippen LogP contribution in [0.25, 0.3) is 0 Å². The van der Waals surface area contributed by atoms with Crippen molar-refractivity contribution in [2.75, 3.05) is 36.0 Å². The van der Waals surface area contributed by atoms with Gasteiger partial charge in [0.15, 0.2) is 11.5 Å². The number of aromatic nitrogens is 3. The van der Waals surface area contributed by atoms with Crippen LogP contribution in [0.3, 0.4) is 0 Å². The molecule has 2 aliphatic heterocycles. The monoisotopic (exact) mass is 394 g/mol. The minimum Gasteiger partial charge on any atom is -0.353 e. The lowest BCUT2D eigenvalue weighted by Crippen LogP contribution is -2.49. The van der Waals surface area contributed by atoms with Gasteiger partial charge in [0.1, 0.15) is 5.82 Å². The van der Waals surface area contributed by atoms with Crippen LogP contribution < -0.4 is 9.80 Å². The Balaban J connectivity index is 1.40. The lowest BCUT2D eigenvalue weighted by atomic mass is 10.2. The van der Waals surface area contributed by atoms with Crippen LogP contribution in [0.5, 0.6) is 0 Å². The maximum Gasteiger partial charge on any atom is 0.274 e. The molecular formula is C21H26N6O2. The van der Waals surface area contributed by atoms with Crippen molar-refractivity contribution < 1.29 is 9.59 Å². The van der Waals surface area contributed by atoms with Crippen LogP contribution in [0.2, 0.25) is 0 Å². The van der Waals surface area contributed by atoms with Crippen LogP contribution in [0.4, 0.5) is 11.6 Å². The molecule has 152 valence electrons. The topological polar surface area (TPSA) is 82.5 Å². The SMILES string of the molecule is Cc1cnc(N2CCN(C(=O)c3ccc(N4C(=O)CCC4C)nn3)CC2)c(C)c1. The van der Waals surface area contributed by atoms with Crippen molar-refractivity contribution in [3.8, 4) is 0 Å². The summed E-state index contributed by atoms with van der Waals surface area (Å²) in [6, 6.07) is 5.63. The molecule has 2 aliphatic rings. The average Bonchev–Trinajstić information content (AvgIpc) is 3.06. The Bertz CT molecular complexity index is 921. The fourth-order valence-electron chi connectivity index (χ4n) is 4.07. The lowest BCUT2D eigenvalue weighted by Gasteiger charge is -2.35. The van der Waals surface area contributed by atoms with Crippen LogP contribution in [-0.2, 0) is 4.79 Å². The van der Waals surface area contributed by atoms with Crippen molar-refractivity contribution in [2.24, 2.45) is 0 Å². The number of rotatable bonds is 3. The molecule has 29 heavy (non-hydrogen) atoms. The first-order valence-corrected chi connectivity index (χ1v) is 10.1. The van der Waals surface area contributed by atoms with Crippen molar-refractivity contribution >= 4 is 23.5 Å². The number of amides is 2. The van der Waals surface area contributed by atoms with E-state index in [2.05, 4.69) is 33.1 Å². The van der Waals surface area contributed by atoms with E-state index in [1.54, 1.807) is 21.9 Å². The Morgan fingerprint density at radius 3 is 2.45 bits per heavy atom. The summed E-state index contributed by atoms with van der Waals surface area (Å²) in [6.07, 6.45) is 3.23. The van der Waals surface area contributed by atoms with E-state index in [1.807, 2.05) is 20.0 Å². The van der Waals surface area contributed by atoms with E-state index in [1.165, 1.54) is 0 Å². The van der Waals surface area contributed by atoms with E-state index in [0.717, 1.165) is 36.5 Å². The highest BCUT2D eigenvalue weighted by Crippen LogP contribution is 2.24. The molecule has 0 saturated carbocycles. The van der Waals surface area contributed by atoms with Gasteiger partial charge in [0, 0.05) is 44.8 Å². The normalized spacial score (nSPS) is 19.8. The first kappa shape index (κ1) is 19.3. The fourth-order valence-corrected chi connectivity index (χ4v) is 4.07. The quantitative estimate of drug-likeness (QED) is 0.792. The maximum absolute atomic E-state index is 12.8. The minimum absolute atomic E-state index is 0.0574. The summed E-state index contributed by atoms with van der Waals surface area (Å²) in [5, 5.41) is 8.25. The van der Waals surface area contributed by atoms with Gasteiger partial charge in [-0.1, -0.05) is 6.07 Å². The smallest absolute Gasteiger partial charge is 0.274 e. The van der Waals surface area contributed by atoms with E-state index in [9.17, 15) is 9.59 Å². The third-order valence-corrected chi connectivity index (χ3v) is 5.66. The van der Waals surface area contributed by atoms with Crippen LogP contribution in [0.15, 0.2) is 24.4 Å². The maximum atomic E-state index is 12.8. The van der Waals surface area contributed by atoms with E-state index < -0.39 is 0 Å². The highest BCUT2D eigenvalue weighted by molar-refractivity contribution is 5.96. The molecule has 4 rings (SSSR count). The van der Waals surface area contributed by atoms with Gasteiger partial charge >= 0.3 is 0 Å². The molecule has 8 nitrogen and oxygen atoms in total. The summed E-state index contributed by atoms with van der Waals surface area (Å²) in [4.78, 5) is 35.1. The molecule has 1 atom stereocenters. The zero-order chi connectivity index (χ0) is 20.5. The number of hydrogen-bond donors (Lipinski definition) is 0. The summed E-state index contributed by atoms with van der Waals surface area (Å²) >= 11 is 0. The Kier molecular flexibility index (Phi) is 5.17. The Morgan fingerprint density at radius 1 is 1.10 bits per heavy atom. The van der Waals surface area contributed by atoms with Crippen molar-refractivity contribution in [3.05, 3.63) is 41.2 Å². The molecule has 2 aromatic rings. The predicted octanol–water partition coefficient (Wildman–Crippen LogP) is 1.97. The zero-order valence-corrected chi connectivity index (χ0v) is 17.1. The van der Waals surface area contributed by atoms with Crippen molar-refractivity contribution in [1.29, 1.82) is 0 Å². The Labute approximate surface area is 170 Å². The summed E-state index contributed by atoms with van der Waals surface area (Å²) in [7, 11) is 0. The summed E-state index contributed by atoms with van der Waals surface area (Å²) in [5.41, 5.74) is 2.61. The number of piperazine rings is 1. The standard InChI is InChI=1S/C21H26N6O2/c1-14-12-15(2)20(22-13-14)25-8-10-26(11-9-25)21(29)17-5-6-18(24-23-17)27-16(3)4-7-19(27)28/h5-6,12-13,16H,4,7-11H2,1-3H3. The van der Waals surface area contributed by atoms with Gasteiger partial charge in [-0.25, -0.2) is 4.98 Å². The molecule has 0 aromatic carbocycles. The van der Waals surface area contributed by atoms with Crippen LogP contribution in [0.1, 0.15) is 41.4 Å². The van der Waals surface area contributed by atoms with Gasteiger partial charge in [0.25, 0.3) is 5.91 Å². The van der Waals surface area contributed by atoms with Crippen molar-refractivity contribution in [3.63, 3.8) is 0 Å². The Morgan fingerprint density at radius 2 is 1.86 bits per heavy atom. The van der Waals surface area contributed by atoms with Gasteiger partial charge in [0.05, 0.1) is 0 Å². The van der Waals surface area contributed by atoms with Gasteiger partial charge in [-0.2, -0.15) is 0 Å². The number of carbonyl (C=O) groups excluding carboxylic acids is 2. The molecule has 2 aromatic heterocycles. The number of hydrogen-bond acceptors (Lipinski definition) is 6. The first-order valence-electron chi connectivity index (χ1n) is 10.1. The Hall–Kier alpha value is -3.03. The first-order chi connectivity index (χ1) is 13.9. The van der Waals surface area contributed by atoms with Gasteiger partial charge in [-0.05, 0) is 50.5 Å². The number of nitrogens with zero attached hydrogens (tertiary/aromatic N) is 6. The number of anilines is 2. The molecule has 0 aliphatic carbocycles. The highest BCUT2D eigenvalue weighted by atomic mass is 16.2. The van der Waals surface area contributed by atoms with Gasteiger partial charge in [-0.3, -0.25) is 14.5 Å². The van der Waals surface area contributed by atoms with Crippen molar-refractivity contribution in [2.45, 2.75) is 39.7 Å². The van der Waals surface area contributed by atoms with Crippen molar-refractivity contribution in [1.82, 2.24) is 20.1 Å². The summed E-state index contributed by atoms with van der Waals surface area (Å²) < 4.78 is 0. The number of pyridine rings is 1. The van der Waals surface area contributed by atoms with Crippen LogP contribution in [0, 0.1) is 13.8 Å². The van der Waals surface area contributed by atoms with E-state index >= 15 is 0 Å². The molecule has 2 fully saturated rings. The molecule has 0 radical (unpaired) electrons. The van der Waals surface area contributed by atoms with Crippen LogP contribution in [-0.4, -0.2) is 64.1 Å². The van der Waals surface area contributed by atoms with Gasteiger partial charge in [0.2, 0.25) is 5.91 Å². The minimum atomic E-state index is -0.127. The molecule has 2 amide bonds. The van der Waals surface area contributed by atoms with Gasteiger partial charge in [-0.15, -0.1) is 10.2 Å². The molecule has 1 unspecified atom stereocenters. The lowest BCUT2D eigenvalue weighted by molar-refractivity contribution is -0.117. The molecule has 0 spiro atoms. The molecule has 0 bridgehead atoms. The summed E-state index contributed by atoms with van der Waals surface area (Å²) in [6.45, 7) is 8.78. The van der Waals surface area contributed by atoms with Crippen LogP contribution >= 0.6 is 0 Å². The zero-order valence-electron chi connectivity index (χ0n) is 17.1. The second kappa shape index (κ2) is 7.77. The second-order valence-electron chi connectivity index (χ2n) is 7.86. The average molecular weight is 394 g/mol. The molecular weight excluding hydrogens is 368 g/mol. The van der Waals surface area contributed by atoms with E-state index in [4.69, 9.17) is 0 Å². The van der Waals surface area contributed by atoms with E-state index in [-0.39, 0.29) is 17.9 Å². The molecule has 4 heterocycles. The number of aryl methyl sites for hydroxylation is 2. The fraction of sp³-hybridized carbons (Fsp3) is 0.476.